The summed E-state index contributed by atoms with van der Waals surface area (Å²) >= 11 is 0. The third-order valence-corrected chi connectivity index (χ3v) is 5.19. The molecule has 1 aromatic carbocycles. The molecule has 0 atom stereocenters. The lowest BCUT2D eigenvalue weighted by molar-refractivity contribution is 0.0524. The van der Waals surface area contributed by atoms with Crippen molar-refractivity contribution >= 4 is 23.0 Å². The third-order valence-electron chi connectivity index (χ3n) is 5.19. The van der Waals surface area contributed by atoms with Crippen LogP contribution in [0, 0.1) is 0 Å². The van der Waals surface area contributed by atoms with Crippen LogP contribution in [0.2, 0.25) is 0 Å². The van der Waals surface area contributed by atoms with Gasteiger partial charge in [0.15, 0.2) is 5.65 Å². The Balaban J connectivity index is 1.89. The number of carbonyl (C=O) groups is 1. The molecule has 8 nitrogen and oxygen atoms in total. The van der Waals surface area contributed by atoms with E-state index in [2.05, 4.69) is 27.4 Å². The minimum absolute atomic E-state index is 0.0338. The van der Waals surface area contributed by atoms with E-state index in [0.29, 0.717) is 24.7 Å². The molecule has 0 amide bonds. The predicted molar refractivity (Wildman–Crippen MR) is 113 cm³/mol. The van der Waals surface area contributed by atoms with Crippen molar-refractivity contribution < 1.29 is 14.3 Å². The van der Waals surface area contributed by atoms with Crippen molar-refractivity contribution in [2.45, 2.75) is 26.2 Å². The highest BCUT2D eigenvalue weighted by atomic mass is 16.5. The third kappa shape index (κ3) is 3.78. The number of aryl methyl sites for hydroxylation is 2. The molecule has 0 radical (unpaired) electrons. The van der Waals surface area contributed by atoms with E-state index in [1.54, 1.807) is 18.6 Å². The van der Waals surface area contributed by atoms with E-state index >= 15 is 0 Å². The number of fused-ring (bicyclic) bond motifs is 2. The molecule has 1 aliphatic carbocycles. The summed E-state index contributed by atoms with van der Waals surface area (Å²) in [5, 5.41) is 3.34. The van der Waals surface area contributed by atoms with E-state index < -0.39 is 11.4 Å². The zero-order valence-electron chi connectivity index (χ0n) is 17.1. The molecule has 3 aromatic rings. The van der Waals surface area contributed by atoms with Crippen molar-refractivity contribution in [3.63, 3.8) is 0 Å². The van der Waals surface area contributed by atoms with Gasteiger partial charge >= 0.3 is 5.97 Å². The number of rotatable bonds is 7. The minimum atomic E-state index is -0.651. The lowest BCUT2D eigenvalue weighted by Gasteiger charge is -2.14. The number of hydrogen-bond donors (Lipinski definition) is 1. The summed E-state index contributed by atoms with van der Waals surface area (Å²) in [5.74, 6) is -0.264. The molecule has 0 saturated carbocycles. The molecular formula is C22H24N4O4. The van der Waals surface area contributed by atoms with Crippen molar-refractivity contribution in [3.05, 3.63) is 57.5 Å². The van der Waals surface area contributed by atoms with Crippen molar-refractivity contribution in [1.29, 1.82) is 0 Å². The Hall–Kier alpha value is -3.26. The van der Waals surface area contributed by atoms with Crippen molar-refractivity contribution in [2.24, 2.45) is 0 Å². The zero-order chi connectivity index (χ0) is 21.1. The van der Waals surface area contributed by atoms with E-state index in [4.69, 9.17) is 9.47 Å². The molecule has 0 unspecified atom stereocenters. The number of esters is 1. The standard InChI is InChI=1S/C22H24N4O4/c1-3-30-21(28)18-13-26(16-8-7-14-5-4-6-15(14)11-16)20-17(19(18)27)12-24-22(25-20)23-9-10-29-2/h7-8,11-13H,3-6,9-10H2,1-2H3,(H,23,24,25). The molecule has 0 saturated heterocycles. The van der Waals surface area contributed by atoms with Gasteiger partial charge < -0.3 is 19.4 Å². The molecule has 1 N–H and O–H groups in total. The monoisotopic (exact) mass is 408 g/mol. The SMILES string of the molecule is CCOC(=O)c1cn(-c2ccc3c(c2)CCC3)c2nc(NCCOC)ncc2c1=O. The number of nitrogens with one attached hydrogen (secondary N) is 1. The molecule has 30 heavy (non-hydrogen) atoms. The van der Waals surface area contributed by atoms with Crippen LogP contribution in [0.3, 0.4) is 0 Å². The average molecular weight is 408 g/mol. The Morgan fingerprint density at radius 1 is 1.27 bits per heavy atom. The topological polar surface area (TPSA) is 95.3 Å². The smallest absolute Gasteiger partial charge is 0.343 e. The van der Waals surface area contributed by atoms with E-state index in [1.165, 1.54) is 23.5 Å². The quantitative estimate of drug-likeness (QED) is 0.474. The second-order valence-corrected chi connectivity index (χ2v) is 7.12. The predicted octanol–water partition coefficient (Wildman–Crippen LogP) is 2.50. The highest BCUT2D eigenvalue weighted by molar-refractivity contribution is 5.93. The average Bonchev–Trinajstić information content (AvgIpc) is 3.22. The van der Waals surface area contributed by atoms with Gasteiger partial charge in [0.2, 0.25) is 11.4 Å². The number of ether oxygens (including phenoxy) is 2. The minimum Gasteiger partial charge on any atom is -0.462 e. The summed E-state index contributed by atoms with van der Waals surface area (Å²) in [5.41, 5.74) is 3.42. The number of aromatic nitrogens is 3. The molecule has 156 valence electrons. The maximum atomic E-state index is 13.0. The van der Waals surface area contributed by atoms with Gasteiger partial charge in [0.1, 0.15) is 5.56 Å². The lowest BCUT2D eigenvalue weighted by atomic mass is 10.1. The number of nitrogens with zero attached hydrogens (tertiary/aromatic N) is 3. The fourth-order valence-corrected chi connectivity index (χ4v) is 3.72. The van der Waals surface area contributed by atoms with E-state index in [1.807, 2.05) is 6.07 Å². The van der Waals surface area contributed by atoms with Crippen molar-refractivity contribution in [2.75, 3.05) is 32.2 Å². The van der Waals surface area contributed by atoms with Gasteiger partial charge in [-0.3, -0.25) is 4.79 Å². The van der Waals surface area contributed by atoms with E-state index in [9.17, 15) is 9.59 Å². The van der Waals surface area contributed by atoms with Gasteiger partial charge in [0, 0.05) is 31.7 Å². The van der Waals surface area contributed by atoms with Gasteiger partial charge in [0.25, 0.3) is 0 Å². The maximum Gasteiger partial charge on any atom is 0.343 e. The van der Waals surface area contributed by atoms with Crippen LogP contribution in [0.25, 0.3) is 16.7 Å². The molecule has 4 rings (SSSR count). The summed E-state index contributed by atoms with van der Waals surface area (Å²) in [7, 11) is 1.62. The first-order valence-corrected chi connectivity index (χ1v) is 10.1. The van der Waals surface area contributed by atoms with E-state index in [0.717, 1.165) is 24.9 Å². The number of pyridine rings is 1. The zero-order valence-corrected chi connectivity index (χ0v) is 17.1. The van der Waals surface area contributed by atoms with Crippen LogP contribution in [0.5, 0.6) is 0 Å². The van der Waals surface area contributed by atoms with Gasteiger partial charge in [-0.2, -0.15) is 4.98 Å². The maximum absolute atomic E-state index is 13.0. The second kappa shape index (κ2) is 8.62. The molecule has 2 aromatic heterocycles. The normalized spacial score (nSPS) is 12.7. The van der Waals surface area contributed by atoms with Gasteiger partial charge in [-0.15, -0.1) is 0 Å². The number of anilines is 1. The molecule has 0 bridgehead atoms. The number of carbonyl (C=O) groups excluding carboxylic acids is 1. The van der Waals surface area contributed by atoms with Crippen LogP contribution < -0.4 is 10.7 Å². The molecule has 1 aliphatic rings. The van der Waals surface area contributed by atoms with Crippen LogP contribution in [0.15, 0.2) is 35.4 Å². The Morgan fingerprint density at radius 2 is 2.10 bits per heavy atom. The molecule has 2 heterocycles. The van der Waals surface area contributed by atoms with Gasteiger partial charge in [0.05, 0.1) is 18.6 Å². The lowest BCUT2D eigenvalue weighted by Crippen LogP contribution is -2.22. The van der Waals surface area contributed by atoms with Crippen LogP contribution in [-0.2, 0) is 22.3 Å². The fraction of sp³-hybridized carbons (Fsp3) is 0.364. The Bertz CT molecular complexity index is 1160. The highest BCUT2D eigenvalue weighted by Gasteiger charge is 2.20. The van der Waals surface area contributed by atoms with Crippen molar-refractivity contribution in [1.82, 2.24) is 14.5 Å². The summed E-state index contributed by atoms with van der Waals surface area (Å²) in [4.78, 5) is 34.2. The Kier molecular flexibility index (Phi) is 5.76. The Labute approximate surface area is 173 Å². The number of benzene rings is 1. The number of methoxy groups -OCH3 is 1. The molecular weight excluding hydrogens is 384 g/mol. The summed E-state index contributed by atoms with van der Waals surface area (Å²) in [6.45, 7) is 2.93. The number of hydrogen-bond acceptors (Lipinski definition) is 7. The van der Waals surface area contributed by atoms with Gasteiger partial charge in [-0.1, -0.05) is 6.07 Å². The van der Waals surface area contributed by atoms with E-state index in [-0.39, 0.29) is 17.6 Å². The first-order chi connectivity index (χ1) is 14.6. The molecule has 0 fully saturated rings. The Morgan fingerprint density at radius 3 is 2.90 bits per heavy atom. The summed E-state index contributed by atoms with van der Waals surface area (Å²) in [6, 6.07) is 6.19. The van der Waals surface area contributed by atoms with Crippen LogP contribution in [0.4, 0.5) is 5.95 Å². The van der Waals surface area contributed by atoms with Gasteiger partial charge in [-0.25, -0.2) is 9.78 Å². The fourth-order valence-electron chi connectivity index (χ4n) is 3.72. The van der Waals surface area contributed by atoms with Crippen molar-refractivity contribution in [3.8, 4) is 5.69 Å². The molecule has 8 heteroatoms. The second-order valence-electron chi connectivity index (χ2n) is 7.12. The molecule has 0 aliphatic heterocycles. The van der Waals surface area contributed by atoms with Crippen LogP contribution in [-0.4, -0.2) is 47.4 Å². The summed E-state index contributed by atoms with van der Waals surface area (Å²) < 4.78 is 11.9. The van der Waals surface area contributed by atoms with Gasteiger partial charge in [-0.05, 0) is 49.4 Å². The first kappa shape index (κ1) is 20.0. The molecule has 0 spiro atoms. The highest BCUT2D eigenvalue weighted by Crippen LogP contribution is 2.26. The summed E-state index contributed by atoms with van der Waals surface area (Å²) in [6.07, 6.45) is 6.19. The largest absolute Gasteiger partial charge is 0.462 e. The van der Waals surface area contributed by atoms with Crippen LogP contribution in [0.1, 0.15) is 34.8 Å². The first-order valence-electron chi connectivity index (χ1n) is 10.1. The van der Waals surface area contributed by atoms with Crippen LogP contribution >= 0.6 is 0 Å².